The summed E-state index contributed by atoms with van der Waals surface area (Å²) in [6.07, 6.45) is 0.794. The SMILES string of the molecule is CCOC(=O)CNC(=O)[C@H](CSSCCP(Br)(c1ccccc1)(c1ccccc1)c1ccccc1)NC(=O)CC[C@H](N)C(=O)OCC. The van der Waals surface area contributed by atoms with Crippen LogP contribution in [0.5, 0.6) is 0 Å². The van der Waals surface area contributed by atoms with E-state index in [0.29, 0.717) is 0 Å². The van der Waals surface area contributed by atoms with Gasteiger partial charge in [-0.25, -0.2) is 0 Å². The van der Waals surface area contributed by atoms with Crippen LogP contribution in [0.15, 0.2) is 91.0 Å². The summed E-state index contributed by atoms with van der Waals surface area (Å²) in [6.45, 7) is 3.43. The molecule has 0 bridgehead atoms. The molecule has 2 atom stereocenters. The van der Waals surface area contributed by atoms with Gasteiger partial charge in [0.05, 0.1) is 6.61 Å². The van der Waals surface area contributed by atoms with Gasteiger partial charge in [-0.1, -0.05) is 0 Å². The Labute approximate surface area is 292 Å². The minimum absolute atomic E-state index is 0.0666. The predicted molar refractivity (Wildman–Crippen MR) is 199 cm³/mol. The van der Waals surface area contributed by atoms with Gasteiger partial charge in [-0.15, -0.1) is 0 Å². The number of nitrogens with two attached hydrogens (primary N) is 1. The molecular weight excluding hydrogens is 721 g/mol. The number of amides is 2. The first-order valence-electron chi connectivity index (χ1n) is 15.4. The number of halogens is 1. The van der Waals surface area contributed by atoms with Crippen LogP contribution in [0.4, 0.5) is 0 Å². The Morgan fingerprint density at radius 1 is 0.809 bits per heavy atom. The molecule has 0 saturated heterocycles. The molecule has 2 amide bonds. The number of carbonyl (C=O) groups is 4. The van der Waals surface area contributed by atoms with Crippen molar-refractivity contribution >= 4 is 82.0 Å². The fourth-order valence-corrected chi connectivity index (χ4v) is 16.5. The number of esters is 2. The van der Waals surface area contributed by atoms with Crippen LogP contribution in [0.1, 0.15) is 26.7 Å². The van der Waals surface area contributed by atoms with Crippen LogP contribution >= 0.6 is 42.4 Å². The molecular formula is C34H43BrN3O6PS2. The Hall–Kier alpha value is -2.89. The summed E-state index contributed by atoms with van der Waals surface area (Å²) in [5, 5.41) is 5.83. The quantitative estimate of drug-likeness (QED) is 0.0716. The number of benzene rings is 3. The fourth-order valence-electron chi connectivity index (χ4n) is 5.03. The van der Waals surface area contributed by atoms with Gasteiger partial charge in [-0.3, -0.25) is 4.79 Å². The summed E-state index contributed by atoms with van der Waals surface area (Å²) < 4.78 is 9.83. The van der Waals surface area contributed by atoms with Crippen molar-refractivity contribution in [2.24, 2.45) is 5.73 Å². The van der Waals surface area contributed by atoms with Gasteiger partial charge in [-0.2, -0.15) is 0 Å². The van der Waals surface area contributed by atoms with Crippen LogP contribution in [-0.4, -0.2) is 73.3 Å². The van der Waals surface area contributed by atoms with Crippen molar-refractivity contribution in [1.82, 2.24) is 10.6 Å². The molecule has 13 heteroatoms. The number of nitrogens with one attached hydrogen (secondary N) is 2. The number of ether oxygens (including phenoxy) is 2. The Balaban J connectivity index is 1.75. The molecule has 0 aliphatic heterocycles. The first-order valence-corrected chi connectivity index (χ1v) is 22.4. The van der Waals surface area contributed by atoms with E-state index in [4.69, 9.17) is 15.2 Å². The van der Waals surface area contributed by atoms with Crippen molar-refractivity contribution in [2.75, 3.05) is 37.4 Å². The van der Waals surface area contributed by atoms with Gasteiger partial charge >= 0.3 is 264 Å². The first kappa shape index (κ1) is 38.6. The number of rotatable bonds is 19. The molecule has 0 heterocycles. The van der Waals surface area contributed by atoms with E-state index >= 15 is 0 Å². The minimum atomic E-state index is -3.11. The molecule has 3 aromatic carbocycles. The minimum Gasteiger partial charge on any atom is -0.465 e. The number of hydrogen-bond donors (Lipinski definition) is 3. The van der Waals surface area contributed by atoms with Crippen molar-refractivity contribution < 1.29 is 28.7 Å². The second-order valence-electron chi connectivity index (χ2n) is 10.6. The summed E-state index contributed by atoms with van der Waals surface area (Å²) in [4.78, 5) is 49.6. The van der Waals surface area contributed by atoms with Gasteiger partial charge in [0, 0.05) is 0 Å². The monoisotopic (exact) mass is 763 g/mol. The molecule has 0 unspecified atom stereocenters. The predicted octanol–water partition coefficient (Wildman–Crippen LogP) is 4.04. The van der Waals surface area contributed by atoms with E-state index in [1.807, 2.05) is 18.2 Å². The number of carbonyl (C=O) groups excluding carboxylic acids is 4. The van der Waals surface area contributed by atoms with Crippen LogP contribution in [0.25, 0.3) is 0 Å². The van der Waals surface area contributed by atoms with Crippen molar-refractivity contribution in [1.29, 1.82) is 0 Å². The van der Waals surface area contributed by atoms with E-state index in [1.54, 1.807) is 24.6 Å². The third kappa shape index (κ3) is 10.5. The zero-order chi connectivity index (χ0) is 34.1. The molecule has 47 heavy (non-hydrogen) atoms. The summed E-state index contributed by atoms with van der Waals surface area (Å²) in [5.41, 5.74) is 5.84. The summed E-state index contributed by atoms with van der Waals surface area (Å²) >= 11 is 4.45. The van der Waals surface area contributed by atoms with Gasteiger partial charge in [0.25, 0.3) is 0 Å². The normalized spacial score (nSPS) is 13.3. The Kier molecular flexibility index (Phi) is 15.7. The van der Waals surface area contributed by atoms with E-state index in [-0.39, 0.29) is 38.4 Å². The molecule has 0 saturated carbocycles. The average molecular weight is 765 g/mol. The Morgan fingerprint density at radius 3 is 1.81 bits per heavy atom. The van der Waals surface area contributed by atoms with E-state index in [9.17, 15) is 19.2 Å². The van der Waals surface area contributed by atoms with E-state index in [1.165, 1.54) is 26.7 Å². The second-order valence-corrected chi connectivity index (χ2v) is 22.2. The molecule has 4 N–H and O–H groups in total. The molecule has 0 radical (unpaired) electrons. The van der Waals surface area contributed by atoms with Gasteiger partial charge < -0.3 is 4.74 Å². The molecule has 0 aromatic heterocycles. The molecule has 0 spiro atoms. The van der Waals surface area contributed by atoms with Crippen LogP contribution in [-0.2, 0) is 28.7 Å². The second kappa shape index (κ2) is 19.2. The van der Waals surface area contributed by atoms with Crippen molar-refractivity contribution in [2.45, 2.75) is 38.8 Å². The summed E-state index contributed by atoms with van der Waals surface area (Å²) in [5.74, 6) is -1.12. The van der Waals surface area contributed by atoms with Crippen LogP contribution in [0.2, 0.25) is 0 Å². The smallest absolute Gasteiger partial charge is 0.465 e. The fraction of sp³-hybridized carbons (Fsp3) is 0.353. The summed E-state index contributed by atoms with van der Waals surface area (Å²) in [6, 6.07) is 29.6. The third-order valence-electron chi connectivity index (χ3n) is 7.43. The van der Waals surface area contributed by atoms with Crippen molar-refractivity contribution in [3.8, 4) is 0 Å². The van der Waals surface area contributed by atoms with Gasteiger partial charge in [-0.05, 0) is 13.8 Å². The van der Waals surface area contributed by atoms with Gasteiger partial charge in [0.15, 0.2) is 0 Å². The van der Waals surface area contributed by atoms with E-state index in [0.717, 1.165) is 11.9 Å². The molecule has 0 aliphatic carbocycles. The van der Waals surface area contributed by atoms with Gasteiger partial charge in [0.2, 0.25) is 0 Å². The van der Waals surface area contributed by atoms with Crippen LogP contribution in [0, 0.1) is 0 Å². The van der Waals surface area contributed by atoms with E-state index in [2.05, 4.69) is 98.9 Å². The summed E-state index contributed by atoms with van der Waals surface area (Å²) in [7, 11) is 3.07. The molecule has 9 nitrogen and oxygen atoms in total. The molecule has 0 aliphatic rings. The molecule has 3 aromatic rings. The average Bonchev–Trinajstić information content (AvgIpc) is 3.10. The maximum atomic E-state index is 13.1. The van der Waals surface area contributed by atoms with Crippen molar-refractivity contribution in [3.63, 3.8) is 0 Å². The molecule has 254 valence electrons. The van der Waals surface area contributed by atoms with Gasteiger partial charge in [0.1, 0.15) is 0 Å². The van der Waals surface area contributed by atoms with E-state index < -0.39 is 41.1 Å². The first-order chi connectivity index (χ1) is 22.6. The zero-order valence-electron chi connectivity index (χ0n) is 26.6. The topological polar surface area (TPSA) is 137 Å². The zero-order valence-corrected chi connectivity index (χ0v) is 30.8. The number of hydrogen-bond acceptors (Lipinski definition) is 9. The van der Waals surface area contributed by atoms with Crippen LogP contribution in [0.3, 0.4) is 0 Å². The maximum absolute atomic E-state index is 13.1. The van der Waals surface area contributed by atoms with Crippen molar-refractivity contribution in [3.05, 3.63) is 91.0 Å². The Bertz CT molecular complexity index is 1360. The Morgan fingerprint density at radius 2 is 1.32 bits per heavy atom. The molecule has 3 rings (SSSR count). The standard InChI is InChI=1S/C34H43BrN3O6PS2/c1-3-43-32(40)24-37-33(41)30(38-31(39)21-20-29(36)34(42)44-4-2)25-47-46-23-22-45(35,26-14-8-5-9-15-26,27-16-10-6-11-17-27)28-18-12-7-13-19-28/h5-19,29-30H,3-4,20-25,36H2,1-2H3,(H,37,41)(H,38,39)/t29-,30-/m0/s1. The molecule has 0 fully saturated rings. The van der Waals surface area contributed by atoms with Crippen LogP contribution < -0.4 is 32.3 Å². The third-order valence-corrected chi connectivity index (χ3v) is 20.1.